The fraction of sp³-hybridized carbons (Fsp3) is 0.529. The number of hydrogen-bond acceptors (Lipinski definition) is 4. The maximum Gasteiger partial charge on any atom is 0.226 e. The molecule has 0 amide bonds. The third kappa shape index (κ3) is 5.44. The number of aryl methyl sites for hydroxylation is 1. The highest BCUT2D eigenvalue weighted by Crippen LogP contribution is 2.19. The molecule has 0 bridgehead atoms. The number of benzene rings is 1. The number of rotatable bonds is 7. The van der Waals surface area contributed by atoms with E-state index in [9.17, 15) is 0 Å². The second-order valence-electron chi connectivity index (χ2n) is 6.51. The number of aromatic nitrogens is 2. The Morgan fingerprint density at radius 3 is 2.68 bits per heavy atom. The Morgan fingerprint density at radius 1 is 1.18 bits per heavy atom. The summed E-state index contributed by atoms with van der Waals surface area (Å²) in [5.41, 5.74) is 1.11. The smallest absolute Gasteiger partial charge is 0.226 e. The highest BCUT2D eigenvalue weighted by molar-refractivity contribution is 9.10. The minimum absolute atomic E-state index is 0.0460. The van der Waals surface area contributed by atoms with E-state index in [2.05, 4.69) is 64.3 Å². The van der Waals surface area contributed by atoms with Crippen LogP contribution in [0.4, 0.5) is 5.69 Å². The molecule has 0 saturated heterocycles. The predicted octanol–water partition coefficient (Wildman–Crippen LogP) is 4.95. The zero-order valence-corrected chi connectivity index (χ0v) is 15.1. The topological polar surface area (TPSA) is 51.0 Å². The maximum atomic E-state index is 5.30. The van der Waals surface area contributed by atoms with Crippen LogP contribution in [-0.4, -0.2) is 16.7 Å². The Balaban J connectivity index is 1.62. The SMILES string of the molecule is CC(C)(C)c1noc(CCCCCNc2cccc(Br)c2)n1. The van der Waals surface area contributed by atoms with Crippen molar-refractivity contribution in [2.24, 2.45) is 0 Å². The molecule has 22 heavy (non-hydrogen) atoms. The summed E-state index contributed by atoms with van der Waals surface area (Å²) < 4.78 is 6.40. The zero-order valence-electron chi connectivity index (χ0n) is 13.5. The van der Waals surface area contributed by atoms with Crippen LogP contribution < -0.4 is 5.32 Å². The van der Waals surface area contributed by atoms with Gasteiger partial charge in [-0.1, -0.05) is 54.3 Å². The normalized spacial score (nSPS) is 11.6. The largest absolute Gasteiger partial charge is 0.385 e. The molecule has 1 aromatic heterocycles. The molecule has 1 aromatic carbocycles. The predicted molar refractivity (Wildman–Crippen MR) is 93.2 cm³/mol. The summed E-state index contributed by atoms with van der Waals surface area (Å²) >= 11 is 3.47. The van der Waals surface area contributed by atoms with E-state index >= 15 is 0 Å². The molecule has 0 saturated carbocycles. The van der Waals surface area contributed by atoms with Crippen LogP contribution in [0.5, 0.6) is 0 Å². The first-order valence-corrected chi connectivity index (χ1v) is 8.57. The van der Waals surface area contributed by atoms with E-state index in [1.807, 2.05) is 12.1 Å². The van der Waals surface area contributed by atoms with E-state index in [0.29, 0.717) is 0 Å². The number of halogens is 1. The average Bonchev–Trinajstić information content (AvgIpc) is 2.91. The van der Waals surface area contributed by atoms with Gasteiger partial charge in [0.25, 0.3) is 0 Å². The lowest BCUT2D eigenvalue weighted by Gasteiger charge is -2.10. The standard InChI is InChI=1S/C17H24BrN3O/c1-17(2,3)16-20-15(22-21-16)10-5-4-6-11-19-14-9-7-8-13(18)12-14/h7-9,12,19H,4-6,10-11H2,1-3H3. The third-order valence-corrected chi connectivity index (χ3v) is 3.85. The maximum absolute atomic E-state index is 5.30. The van der Waals surface area contributed by atoms with Gasteiger partial charge in [0.15, 0.2) is 5.82 Å². The van der Waals surface area contributed by atoms with Gasteiger partial charge >= 0.3 is 0 Å². The molecule has 2 rings (SSSR count). The first-order valence-electron chi connectivity index (χ1n) is 7.77. The van der Waals surface area contributed by atoms with E-state index in [4.69, 9.17) is 4.52 Å². The van der Waals surface area contributed by atoms with Crippen LogP contribution in [0, 0.1) is 0 Å². The number of hydrogen-bond donors (Lipinski definition) is 1. The Kier molecular flexibility index (Phi) is 6.00. The molecule has 0 aliphatic carbocycles. The number of nitrogens with one attached hydrogen (secondary N) is 1. The van der Waals surface area contributed by atoms with Gasteiger partial charge < -0.3 is 9.84 Å². The van der Waals surface area contributed by atoms with Crippen LogP contribution in [0.1, 0.15) is 51.7 Å². The highest BCUT2D eigenvalue weighted by Gasteiger charge is 2.20. The van der Waals surface area contributed by atoms with Crippen LogP contribution in [0.2, 0.25) is 0 Å². The summed E-state index contributed by atoms with van der Waals surface area (Å²) in [6.45, 7) is 7.26. The second kappa shape index (κ2) is 7.77. The van der Waals surface area contributed by atoms with E-state index in [0.717, 1.165) is 54.1 Å². The molecule has 1 heterocycles. The van der Waals surface area contributed by atoms with Crippen molar-refractivity contribution in [1.82, 2.24) is 10.1 Å². The van der Waals surface area contributed by atoms with E-state index in [-0.39, 0.29) is 5.41 Å². The summed E-state index contributed by atoms with van der Waals surface area (Å²) in [5, 5.41) is 7.47. The first kappa shape index (κ1) is 17.0. The molecule has 0 spiro atoms. The monoisotopic (exact) mass is 365 g/mol. The lowest BCUT2D eigenvalue weighted by atomic mass is 9.96. The van der Waals surface area contributed by atoms with Gasteiger partial charge in [-0.15, -0.1) is 0 Å². The molecule has 5 heteroatoms. The molecule has 0 radical (unpaired) electrons. The zero-order chi connectivity index (χ0) is 16.0. The van der Waals surface area contributed by atoms with Gasteiger partial charge in [0.2, 0.25) is 5.89 Å². The molecular formula is C17H24BrN3O. The summed E-state index contributed by atoms with van der Waals surface area (Å²) in [7, 11) is 0. The number of nitrogens with zero attached hydrogens (tertiary/aromatic N) is 2. The molecule has 2 aromatic rings. The van der Waals surface area contributed by atoms with E-state index in [1.54, 1.807) is 0 Å². The Labute approximate surface area is 140 Å². The minimum atomic E-state index is -0.0460. The molecule has 0 atom stereocenters. The van der Waals surface area contributed by atoms with Crippen LogP contribution >= 0.6 is 15.9 Å². The Morgan fingerprint density at radius 2 is 2.00 bits per heavy atom. The summed E-state index contributed by atoms with van der Waals surface area (Å²) in [4.78, 5) is 4.46. The lowest BCUT2D eigenvalue weighted by molar-refractivity contribution is 0.359. The molecule has 4 nitrogen and oxygen atoms in total. The van der Waals surface area contributed by atoms with Gasteiger partial charge in [-0.25, -0.2) is 0 Å². The van der Waals surface area contributed by atoms with E-state index < -0.39 is 0 Å². The van der Waals surface area contributed by atoms with Gasteiger partial charge in [0.1, 0.15) is 0 Å². The van der Waals surface area contributed by atoms with Gasteiger partial charge in [-0.3, -0.25) is 0 Å². The summed E-state index contributed by atoms with van der Waals surface area (Å²) in [6.07, 6.45) is 4.22. The summed E-state index contributed by atoms with van der Waals surface area (Å²) in [6, 6.07) is 8.24. The second-order valence-corrected chi connectivity index (χ2v) is 7.43. The van der Waals surface area contributed by atoms with Gasteiger partial charge in [-0.2, -0.15) is 4.98 Å². The quantitative estimate of drug-likeness (QED) is 0.704. The van der Waals surface area contributed by atoms with Crippen LogP contribution in [0.15, 0.2) is 33.3 Å². The van der Waals surface area contributed by atoms with Crippen molar-refractivity contribution in [3.8, 4) is 0 Å². The molecule has 0 unspecified atom stereocenters. The van der Waals surface area contributed by atoms with Crippen molar-refractivity contribution in [2.45, 2.75) is 51.9 Å². The van der Waals surface area contributed by atoms with Gasteiger partial charge in [0, 0.05) is 28.5 Å². The lowest BCUT2D eigenvalue weighted by Crippen LogP contribution is -2.13. The van der Waals surface area contributed by atoms with Crippen molar-refractivity contribution in [1.29, 1.82) is 0 Å². The molecule has 0 fully saturated rings. The van der Waals surface area contributed by atoms with Crippen molar-refractivity contribution in [3.63, 3.8) is 0 Å². The van der Waals surface area contributed by atoms with Crippen LogP contribution in [-0.2, 0) is 11.8 Å². The number of anilines is 1. The third-order valence-electron chi connectivity index (χ3n) is 3.36. The molecular weight excluding hydrogens is 342 g/mol. The molecule has 120 valence electrons. The summed E-state index contributed by atoms with van der Waals surface area (Å²) in [5.74, 6) is 1.55. The van der Waals surface area contributed by atoms with Crippen molar-refractivity contribution in [3.05, 3.63) is 40.5 Å². The first-order chi connectivity index (χ1) is 10.4. The molecule has 0 aliphatic rings. The van der Waals surface area contributed by atoms with Crippen LogP contribution in [0.3, 0.4) is 0 Å². The fourth-order valence-electron chi connectivity index (χ4n) is 2.07. The minimum Gasteiger partial charge on any atom is -0.385 e. The molecule has 0 aliphatic heterocycles. The van der Waals surface area contributed by atoms with Crippen molar-refractivity contribution < 1.29 is 4.52 Å². The van der Waals surface area contributed by atoms with Gasteiger partial charge in [-0.05, 0) is 31.0 Å². The van der Waals surface area contributed by atoms with Crippen LogP contribution in [0.25, 0.3) is 0 Å². The van der Waals surface area contributed by atoms with Crippen molar-refractivity contribution in [2.75, 3.05) is 11.9 Å². The van der Waals surface area contributed by atoms with Gasteiger partial charge in [0.05, 0.1) is 0 Å². The Bertz CT molecular complexity index is 590. The van der Waals surface area contributed by atoms with E-state index in [1.165, 1.54) is 0 Å². The fourth-order valence-corrected chi connectivity index (χ4v) is 2.47. The highest BCUT2D eigenvalue weighted by atomic mass is 79.9. The van der Waals surface area contributed by atoms with Crippen molar-refractivity contribution >= 4 is 21.6 Å². The molecule has 1 N–H and O–H groups in total. The Hall–Kier alpha value is -1.36. The number of unbranched alkanes of at least 4 members (excludes halogenated alkanes) is 2. The average molecular weight is 366 g/mol.